The number of hydrogen-bond acceptors (Lipinski definition) is 1. The second-order valence-electron chi connectivity index (χ2n) is 5.65. The normalized spacial score (nSPS) is 16.0. The topological polar surface area (TPSA) is 29.1 Å². The molecular weight excluding hydrogens is 265 g/mol. The van der Waals surface area contributed by atoms with Gasteiger partial charge < -0.3 is 5.32 Å². The fourth-order valence-electron chi connectivity index (χ4n) is 2.88. The fourth-order valence-corrected chi connectivity index (χ4v) is 2.88. The summed E-state index contributed by atoms with van der Waals surface area (Å²) in [5.74, 6) is -0.228. The highest BCUT2D eigenvalue weighted by Crippen LogP contribution is 2.41. The summed E-state index contributed by atoms with van der Waals surface area (Å²) in [7, 11) is 0. The number of rotatable bonds is 4. The van der Waals surface area contributed by atoms with E-state index in [1.807, 2.05) is 30.3 Å². The first-order valence-corrected chi connectivity index (χ1v) is 7.29. The molecule has 1 aliphatic carbocycles. The third-order valence-corrected chi connectivity index (χ3v) is 4.19. The second-order valence-corrected chi connectivity index (χ2v) is 5.65. The van der Waals surface area contributed by atoms with Gasteiger partial charge in [-0.25, -0.2) is 4.39 Å². The Kier molecular flexibility index (Phi) is 3.74. The summed E-state index contributed by atoms with van der Waals surface area (Å²) >= 11 is 0. The molecule has 1 aliphatic rings. The number of amides is 1. The van der Waals surface area contributed by atoms with Crippen molar-refractivity contribution in [2.45, 2.75) is 31.2 Å². The molecule has 108 valence electrons. The van der Waals surface area contributed by atoms with Crippen molar-refractivity contribution in [2.75, 3.05) is 0 Å². The predicted molar refractivity (Wildman–Crippen MR) is 80.2 cm³/mol. The first-order valence-electron chi connectivity index (χ1n) is 7.29. The van der Waals surface area contributed by atoms with Crippen LogP contribution in [0.4, 0.5) is 4.39 Å². The lowest BCUT2D eigenvalue weighted by Crippen LogP contribution is -2.51. The van der Waals surface area contributed by atoms with E-state index in [2.05, 4.69) is 5.32 Å². The molecule has 2 aromatic carbocycles. The first-order chi connectivity index (χ1) is 10.2. The molecule has 1 saturated carbocycles. The lowest BCUT2D eigenvalue weighted by Gasteiger charge is -2.43. The van der Waals surface area contributed by atoms with Crippen molar-refractivity contribution in [3.05, 3.63) is 71.5 Å². The van der Waals surface area contributed by atoms with Gasteiger partial charge >= 0.3 is 0 Å². The van der Waals surface area contributed by atoms with E-state index in [0.29, 0.717) is 6.42 Å². The number of benzene rings is 2. The molecule has 0 unspecified atom stereocenters. The smallest absolute Gasteiger partial charge is 0.225 e. The van der Waals surface area contributed by atoms with E-state index in [4.69, 9.17) is 0 Å². The molecule has 0 atom stereocenters. The van der Waals surface area contributed by atoms with E-state index < -0.39 is 0 Å². The van der Waals surface area contributed by atoms with Crippen LogP contribution in [0.1, 0.15) is 30.4 Å². The van der Waals surface area contributed by atoms with Crippen molar-refractivity contribution in [3.63, 3.8) is 0 Å². The number of carbonyl (C=O) groups is 1. The zero-order chi connectivity index (χ0) is 14.7. The van der Waals surface area contributed by atoms with Gasteiger partial charge in [0.05, 0.1) is 12.0 Å². The molecule has 21 heavy (non-hydrogen) atoms. The lowest BCUT2D eigenvalue weighted by atomic mass is 9.71. The molecule has 0 heterocycles. The Bertz CT molecular complexity index is 617. The Morgan fingerprint density at radius 3 is 2.29 bits per heavy atom. The van der Waals surface area contributed by atoms with Gasteiger partial charge in [-0.1, -0.05) is 42.5 Å². The molecule has 0 radical (unpaired) electrons. The third kappa shape index (κ3) is 2.97. The zero-order valence-electron chi connectivity index (χ0n) is 11.8. The number of halogens is 1. The van der Waals surface area contributed by atoms with Crippen LogP contribution in [0.2, 0.25) is 0 Å². The molecule has 3 rings (SSSR count). The van der Waals surface area contributed by atoms with Crippen molar-refractivity contribution < 1.29 is 9.18 Å². The van der Waals surface area contributed by atoms with E-state index in [1.54, 1.807) is 12.1 Å². The highest BCUT2D eigenvalue weighted by atomic mass is 19.1. The lowest BCUT2D eigenvalue weighted by molar-refractivity contribution is -0.123. The summed E-state index contributed by atoms with van der Waals surface area (Å²) in [6.45, 7) is 0. The minimum absolute atomic E-state index is 0.0187. The van der Waals surface area contributed by atoms with Crippen molar-refractivity contribution in [2.24, 2.45) is 0 Å². The van der Waals surface area contributed by atoms with E-state index in [9.17, 15) is 9.18 Å². The molecule has 0 spiro atoms. The average molecular weight is 283 g/mol. The Balaban J connectivity index is 1.72. The van der Waals surface area contributed by atoms with Crippen molar-refractivity contribution in [3.8, 4) is 0 Å². The van der Waals surface area contributed by atoms with Crippen LogP contribution < -0.4 is 5.32 Å². The van der Waals surface area contributed by atoms with E-state index >= 15 is 0 Å². The molecule has 1 fully saturated rings. The third-order valence-electron chi connectivity index (χ3n) is 4.19. The summed E-state index contributed by atoms with van der Waals surface area (Å²) < 4.78 is 13.1. The minimum Gasteiger partial charge on any atom is -0.346 e. The second kappa shape index (κ2) is 5.68. The van der Waals surface area contributed by atoms with Crippen molar-refractivity contribution in [1.82, 2.24) is 5.32 Å². The van der Waals surface area contributed by atoms with Gasteiger partial charge in [-0.2, -0.15) is 0 Å². The van der Waals surface area contributed by atoms with Gasteiger partial charge in [0, 0.05) is 0 Å². The SMILES string of the molecule is O=C(Cc1ccccc1)NC1(c2ccc(F)cc2)CCC1. The predicted octanol–water partition coefficient (Wildman–Crippen LogP) is 3.56. The van der Waals surface area contributed by atoms with Crippen LogP contribution in [-0.4, -0.2) is 5.91 Å². The quantitative estimate of drug-likeness (QED) is 0.913. The number of hydrogen-bond donors (Lipinski definition) is 1. The number of carbonyl (C=O) groups excluding carboxylic acids is 1. The monoisotopic (exact) mass is 283 g/mol. The maximum atomic E-state index is 13.1. The minimum atomic E-state index is -0.306. The van der Waals surface area contributed by atoms with Crippen LogP contribution in [-0.2, 0) is 16.8 Å². The van der Waals surface area contributed by atoms with Crippen LogP contribution in [0.25, 0.3) is 0 Å². The first kappa shape index (κ1) is 13.8. The molecule has 1 amide bonds. The van der Waals surface area contributed by atoms with Gasteiger partial charge in [-0.15, -0.1) is 0 Å². The van der Waals surface area contributed by atoms with Crippen LogP contribution in [0, 0.1) is 5.82 Å². The van der Waals surface area contributed by atoms with Gasteiger partial charge in [0.2, 0.25) is 5.91 Å². The van der Waals surface area contributed by atoms with Gasteiger partial charge in [-0.3, -0.25) is 4.79 Å². The van der Waals surface area contributed by atoms with Crippen LogP contribution in [0.5, 0.6) is 0 Å². The molecule has 0 aromatic heterocycles. The van der Waals surface area contributed by atoms with Gasteiger partial charge in [0.15, 0.2) is 0 Å². The van der Waals surface area contributed by atoms with E-state index in [0.717, 1.165) is 30.4 Å². The molecule has 0 saturated heterocycles. The Hall–Kier alpha value is -2.16. The zero-order valence-corrected chi connectivity index (χ0v) is 11.8. The average Bonchev–Trinajstić information content (AvgIpc) is 2.45. The fraction of sp³-hybridized carbons (Fsp3) is 0.278. The summed E-state index contributed by atoms with van der Waals surface area (Å²) in [5, 5.41) is 3.15. The van der Waals surface area contributed by atoms with Crippen molar-refractivity contribution >= 4 is 5.91 Å². The van der Waals surface area contributed by atoms with E-state index in [1.165, 1.54) is 12.1 Å². The highest BCUT2D eigenvalue weighted by Gasteiger charge is 2.39. The maximum absolute atomic E-state index is 13.1. The number of nitrogens with one attached hydrogen (secondary N) is 1. The van der Waals surface area contributed by atoms with Gasteiger partial charge in [0.1, 0.15) is 5.82 Å². The Morgan fingerprint density at radius 2 is 1.71 bits per heavy atom. The largest absolute Gasteiger partial charge is 0.346 e. The molecule has 2 aromatic rings. The molecule has 3 heteroatoms. The Morgan fingerprint density at radius 1 is 1.05 bits per heavy atom. The summed E-state index contributed by atoms with van der Waals surface area (Å²) in [6, 6.07) is 16.2. The summed E-state index contributed by atoms with van der Waals surface area (Å²) in [6.07, 6.45) is 3.30. The van der Waals surface area contributed by atoms with Crippen LogP contribution >= 0.6 is 0 Å². The van der Waals surface area contributed by atoms with Crippen LogP contribution in [0.3, 0.4) is 0 Å². The van der Waals surface area contributed by atoms with Gasteiger partial charge in [-0.05, 0) is 42.5 Å². The molecular formula is C18H18FNO. The van der Waals surface area contributed by atoms with E-state index in [-0.39, 0.29) is 17.3 Å². The Labute approximate surface area is 124 Å². The molecule has 1 N–H and O–H groups in total. The van der Waals surface area contributed by atoms with Gasteiger partial charge in [0.25, 0.3) is 0 Å². The highest BCUT2D eigenvalue weighted by molar-refractivity contribution is 5.79. The standard InChI is InChI=1S/C18H18FNO/c19-16-9-7-15(8-10-16)18(11-4-12-18)20-17(21)13-14-5-2-1-3-6-14/h1-3,5-10H,4,11-13H2,(H,20,21). The maximum Gasteiger partial charge on any atom is 0.225 e. The molecule has 0 bridgehead atoms. The van der Waals surface area contributed by atoms with Crippen molar-refractivity contribution in [1.29, 1.82) is 0 Å². The molecule has 2 nitrogen and oxygen atoms in total. The summed E-state index contributed by atoms with van der Waals surface area (Å²) in [5.41, 5.74) is 1.69. The summed E-state index contributed by atoms with van der Waals surface area (Å²) in [4.78, 5) is 12.3. The van der Waals surface area contributed by atoms with Crippen LogP contribution in [0.15, 0.2) is 54.6 Å². The molecule has 0 aliphatic heterocycles.